The van der Waals surface area contributed by atoms with E-state index in [1.807, 2.05) is 77.7 Å². The van der Waals surface area contributed by atoms with E-state index in [1.165, 1.54) is 18.3 Å². The first kappa shape index (κ1) is 38.9. The van der Waals surface area contributed by atoms with Gasteiger partial charge in [0.1, 0.15) is 32.5 Å². The molecule has 57 heavy (non-hydrogen) atoms. The summed E-state index contributed by atoms with van der Waals surface area (Å²) in [4.78, 5) is 25.0. The Morgan fingerprint density at radius 1 is 0.491 bits per heavy atom. The summed E-state index contributed by atoms with van der Waals surface area (Å²) in [5.41, 5.74) is 0.814. The second-order valence-electron chi connectivity index (χ2n) is 11.8. The highest BCUT2D eigenvalue weighted by Gasteiger charge is 2.33. The molecule has 0 spiro atoms. The molecule has 0 radical (unpaired) electrons. The van der Waals surface area contributed by atoms with Crippen molar-refractivity contribution in [3.63, 3.8) is 0 Å². The van der Waals surface area contributed by atoms with Crippen molar-refractivity contribution in [3.8, 4) is 17.1 Å². The van der Waals surface area contributed by atoms with Crippen LogP contribution < -0.4 is 9.80 Å². The summed E-state index contributed by atoms with van der Waals surface area (Å²) < 4.78 is 69.3. The van der Waals surface area contributed by atoms with Crippen molar-refractivity contribution >= 4 is 66.5 Å². The molecule has 9 nitrogen and oxygen atoms in total. The van der Waals surface area contributed by atoms with E-state index >= 15 is 0 Å². The van der Waals surface area contributed by atoms with Crippen molar-refractivity contribution in [2.45, 2.75) is 6.18 Å². The summed E-state index contributed by atoms with van der Waals surface area (Å²) in [5.74, 6) is 0.460. The molecule has 16 heteroatoms. The second-order valence-corrected chi connectivity index (χ2v) is 13.5. The maximum absolute atomic E-state index is 14.3. The first-order valence-corrected chi connectivity index (χ1v) is 18.5. The van der Waals surface area contributed by atoms with E-state index < -0.39 is 23.8 Å². The van der Waals surface area contributed by atoms with Crippen LogP contribution in [0.15, 0.2) is 167 Å². The molecular weight excluding hydrogens is 873 g/mol. The van der Waals surface area contributed by atoms with E-state index in [4.69, 9.17) is 0 Å². The molecule has 8 rings (SSSR count). The molecule has 6 heterocycles. The van der Waals surface area contributed by atoms with Crippen molar-refractivity contribution in [1.82, 2.24) is 34.7 Å². The fourth-order valence-electron chi connectivity index (χ4n) is 5.53. The average molecular weight is 900 g/mol. The number of pyridine rings is 5. The molecule has 0 saturated heterocycles. The van der Waals surface area contributed by atoms with Crippen LogP contribution in [0.5, 0.6) is 0 Å². The smallest absolute Gasteiger partial charge is 0.279 e. The van der Waals surface area contributed by atoms with Gasteiger partial charge in [-0.3, -0.25) is 9.80 Å². The Kier molecular flexibility index (Phi) is 11.7. The van der Waals surface area contributed by atoms with Gasteiger partial charge in [-0.15, -0.1) is 0 Å². The largest absolute Gasteiger partial charge is 0.435 e. The molecule has 0 unspecified atom stereocenters. The number of rotatable bonds is 8. The van der Waals surface area contributed by atoms with E-state index in [-0.39, 0.29) is 17.1 Å². The zero-order chi connectivity index (χ0) is 39.9. The SMILES string of the molecule is Brc1cccc(N(c2ccccc2)c2cccc(Br)n2)n1.Fc1ccc(-c2cccc(N(c3ccccc3)c3cccc(-n4ccc(C(F)(F)F)n4)n3)n2)c(F)n1. The van der Waals surface area contributed by atoms with Crippen LogP contribution in [0.2, 0.25) is 0 Å². The van der Waals surface area contributed by atoms with Gasteiger partial charge in [0, 0.05) is 17.6 Å². The Hall–Kier alpha value is -6.39. The van der Waals surface area contributed by atoms with Crippen molar-refractivity contribution < 1.29 is 22.0 Å². The third-order valence-electron chi connectivity index (χ3n) is 8.01. The second kappa shape index (κ2) is 17.2. The number of hydrogen-bond donors (Lipinski definition) is 0. The minimum Gasteiger partial charge on any atom is -0.279 e. The Morgan fingerprint density at radius 3 is 1.51 bits per heavy atom. The van der Waals surface area contributed by atoms with Gasteiger partial charge in [0.25, 0.3) is 0 Å². The number of para-hydroxylation sites is 2. The molecule has 0 fully saturated rings. The van der Waals surface area contributed by atoms with Crippen LogP contribution in [-0.4, -0.2) is 34.7 Å². The van der Waals surface area contributed by atoms with E-state index in [0.717, 1.165) is 43.3 Å². The topological polar surface area (TPSA) is 88.8 Å². The summed E-state index contributed by atoms with van der Waals surface area (Å²) in [6.45, 7) is 0. The fourth-order valence-corrected chi connectivity index (χ4v) is 6.20. The first-order valence-electron chi connectivity index (χ1n) is 16.9. The lowest BCUT2D eigenvalue weighted by Gasteiger charge is -2.24. The van der Waals surface area contributed by atoms with E-state index in [1.54, 1.807) is 59.5 Å². The van der Waals surface area contributed by atoms with E-state index in [9.17, 15) is 22.0 Å². The predicted molar refractivity (Wildman–Crippen MR) is 214 cm³/mol. The van der Waals surface area contributed by atoms with Crippen LogP contribution in [0.25, 0.3) is 17.1 Å². The lowest BCUT2D eigenvalue weighted by Crippen LogP contribution is -2.14. The van der Waals surface area contributed by atoms with Crippen LogP contribution in [0.4, 0.5) is 56.6 Å². The zero-order valence-electron chi connectivity index (χ0n) is 29.2. The highest BCUT2D eigenvalue weighted by Crippen LogP contribution is 2.35. The minimum absolute atomic E-state index is 0.00388. The highest BCUT2D eigenvalue weighted by atomic mass is 79.9. The van der Waals surface area contributed by atoms with Crippen molar-refractivity contribution in [2.24, 2.45) is 0 Å². The molecule has 0 atom stereocenters. The number of benzene rings is 2. The zero-order valence-corrected chi connectivity index (χ0v) is 32.4. The Bertz CT molecular complexity index is 2570. The standard InChI is InChI=1S/C25H15F5N6.C16H11Br2N3/c26-20-13-12-17(24(27)32-20)18-8-4-10-22(31-18)36(16-6-2-1-3-7-16)23-11-5-9-21(33-23)35-15-14-19(34-35)25(28,29)30;17-13-8-4-10-15(19-13)21(12-6-2-1-3-7-12)16-11-5-9-14(18)20-16/h1-15H;1-11H. The van der Waals surface area contributed by atoms with E-state index in [2.05, 4.69) is 61.9 Å². The van der Waals surface area contributed by atoms with Crippen molar-refractivity contribution in [2.75, 3.05) is 9.80 Å². The quantitative estimate of drug-likeness (QED) is 0.110. The fraction of sp³-hybridized carbons (Fsp3) is 0.0244. The number of alkyl halides is 3. The van der Waals surface area contributed by atoms with Crippen LogP contribution >= 0.6 is 31.9 Å². The van der Waals surface area contributed by atoms with Gasteiger partial charge in [-0.05, 0) is 123 Å². The molecule has 0 saturated carbocycles. The van der Waals surface area contributed by atoms with Crippen molar-refractivity contribution in [1.29, 1.82) is 0 Å². The van der Waals surface area contributed by atoms with Crippen LogP contribution in [0, 0.1) is 11.9 Å². The van der Waals surface area contributed by atoms with Gasteiger partial charge in [0.05, 0.1) is 11.3 Å². The highest BCUT2D eigenvalue weighted by molar-refractivity contribution is 9.10. The molecule has 284 valence electrons. The molecule has 0 aliphatic heterocycles. The maximum atomic E-state index is 14.3. The molecule has 6 aromatic heterocycles. The summed E-state index contributed by atoms with van der Waals surface area (Å²) in [6.07, 6.45) is -3.42. The molecule has 0 N–H and O–H groups in total. The summed E-state index contributed by atoms with van der Waals surface area (Å²) in [7, 11) is 0. The van der Waals surface area contributed by atoms with Crippen LogP contribution in [0.1, 0.15) is 5.69 Å². The van der Waals surface area contributed by atoms with Crippen LogP contribution in [0.3, 0.4) is 0 Å². The first-order chi connectivity index (χ1) is 27.5. The average Bonchev–Trinajstić information content (AvgIpc) is 3.72. The maximum Gasteiger partial charge on any atom is 0.435 e. The Labute approximate surface area is 339 Å². The predicted octanol–water partition coefficient (Wildman–Crippen LogP) is 12.0. The Balaban J connectivity index is 0.000000200. The third-order valence-corrected chi connectivity index (χ3v) is 8.89. The monoisotopic (exact) mass is 897 g/mol. The van der Waals surface area contributed by atoms with Gasteiger partial charge in [-0.2, -0.15) is 32.0 Å². The van der Waals surface area contributed by atoms with Gasteiger partial charge in [0.15, 0.2) is 11.5 Å². The summed E-state index contributed by atoms with van der Waals surface area (Å²) >= 11 is 6.85. The molecular formula is C41H26Br2F5N9. The van der Waals surface area contributed by atoms with Gasteiger partial charge in [-0.25, -0.2) is 24.6 Å². The number of aromatic nitrogens is 7. The van der Waals surface area contributed by atoms with Gasteiger partial charge in [-0.1, -0.05) is 60.7 Å². The molecule has 0 bridgehead atoms. The van der Waals surface area contributed by atoms with Gasteiger partial charge < -0.3 is 0 Å². The van der Waals surface area contributed by atoms with Crippen LogP contribution in [-0.2, 0) is 6.18 Å². The molecule has 0 aliphatic carbocycles. The minimum atomic E-state index is -4.59. The summed E-state index contributed by atoms with van der Waals surface area (Å²) in [6, 6.07) is 43.5. The Morgan fingerprint density at radius 2 is 1.00 bits per heavy atom. The molecule has 0 aliphatic rings. The lowest BCUT2D eigenvalue weighted by molar-refractivity contribution is -0.141. The molecule has 0 amide bonds. The number of hydrogen-bond acceptors (Lipinski definition) is 8. The summed E-state index contributed by atoms with van der Waals surface area (Å²) in [5, 5.41) is 3.58. The van der Waals surface area contributed by atoms with Gasteiger partial charge in [0.2, 0.25) is 11.9 Å². The third kappa shape index (κ3) is 9.36. The number of anilines is 6. The molecule has 2 aromatic carbocycles. The normalized spacial score (nSPS) is 11.1. The lowest BCUT2D eigenvalue weighted by atomic mass is 10.2. The van der Waals surface area contributed by atoms with Gasteiger partial charge >= 0.3 is 6.18 Å². The molecule has 8 aromatic rings. The number of halogens is 7. The number of nitrogens with zero attached hydrogens (tertiary/aromatic N) is 9. The van der Waals surface area contributed by atoms with E-state index in [0.29, 0.717) is 17.3 Å². The van der Waals surface area contributed by atoms with Crippen molar-refractivity contribution in [3.05, 3.63) is 185 Å².